The minimum atomic E-state index is 0.0127. The van der Waals surface area contributed by atoms with E-state index >= 15 is 0 Å². The number of guanidine groups is 1. The highest BCUT2D eigenvalue weighted by molar-refractivity contribution is 5.93. The number of carbonyl (C=O) groups is 1. The SMILES string of the molecule is CCNC(=NCc1ccc(C(=O)N(C)C)cc1)NCCOC1CCCCCC1. The summed E-state index contributed by atoms with van der Waals surface area (Å²) in [4.78, 5) is 18.2. The van der Waals surface area contributed by atoms with Gasteiger partial charge in [0, 0.05) is 32.7 Å². The van der Waals surface area contributed by atoms with Gasteiger partial charge in [-0.05, 0) is 37.5 Å². The average molecular weight is 389 g/mol. The molecule has 1 aliphatic rings. The highest BCUT2D eigenvalue weighted by atomic mass is 16.5. The summed E-state index contributed by atoms with van der Waals surface area (Å²) in [5, 5.41) is 6.61. The highest BCUT2D eigenvalue weighted by Crippen LogP contribution is 2.19. The summed E-state index contributed by atoms with van der Waals surface area (Å²) >= 11 is 0. The van der Waals surface area contributed by atoms with E-state index in [-0.39, 0.29) is 5.91 Å². The van der Waals surface area contributed by atoms with Crippen molar-refractivity contribution in [3.8, 4) is 0 Å². The lowest BCUT2D eigenvalue weighted by Crippen LogP contribution is -2.39. The van der Waals surface area contributed by atoms with E-state index in [0.717, 1.165) is 24.6 Å². The first-order valence-corrected chi connectivity index (χ1v) is 10.5. The zero-order chi connectivity index (χ0) is 20.2. The van der Waals surface area contributed by atoms with Gasteiger partial charge in [-0.2, -0.15) is 0 Å². The lowest BCUT2D eigenvalue weighted by Gasteiger charge is -2.16. The molecule has 1 aromatic carbocycles. The molecule has 0 atom stereocenters. The molecule has 1 amide bonds. The van der Waals surface area contributed by atoms with Crippen LogP contribution in [-0.2, 0) is 11.3 Å². The summed E-state index contributed by atoms with van der Waals surface area (Å²) in [5.41, 5.74) is 1.76. The Balaban J connectivity index is 1.78. The van der Waals surface area contributed by atoms with Crippen molar-refractivity contribution in [2.24, 2.45) is 4.99 Å². The normalized spacial score (nSPS) is 15.8. The van der Waals surface area contributed by atoms with Gasteiger partial charge in [-0.1, -0.05) is 37.8 Å². The molecule has 1 aromatic rings. The van der Waals surface area contributed by atoms with Crippen LogP contribution < -0.4 is 10.6 Å². The quantitative estimate of drug-likeness (QED) is 0.311. The lowest BCUT2D eigenvalue weighted by molar-refractivity contribution is 0.0468. The maximum Gasteiger partial charge on any atom is 0.253 e. The number of carbonyl (C=O) groups excluding carboxylic acids is 1. The van der Waals surface area contributed by atoms with Gasteiger partial charge < -0.3 is 20.3 Å². The van der Waals surface area contributed by atoms with Crippen LogP contribution in [0.3, 0.4) is 0 Å². The van der Waals surface area contributed by atoms with Crippen LogP contribution in [-0.4, -0.2) is 56.7 Å². The number of hydrogen-bond acceptors (Lipinski definition) is 3. The Labute approximate surface area is 169 Å². The first-order valence-electron chi connectivity index (χ1n) is 10.5. The minimum Gasteiger partial charge on any atom is -0.376 e. The fourth-order valence-electron chi connectivity index (χ4n) is 3.33. The van der Waals surface area contributed by atoms with Crippen LogP contribution >= 0.6 is 0 Å². The second-order valence-corrected chi connectivity index (χ2v) is 7.50. The van der Waals surface area contributed by atoms with Crippen LogP contribution in [0.15, 0.2) is 29.3 Å². The zero-order valence-corrected chi connectivity index (χ0v) is 17.7. The van der Waals surface area contributed by atoms with Crippen molar-refractivity contribution in [2.45, 2.75) is 58.1 Å². The third kappa shape index (κ3) is 7.89. The molecule has 0 heterocycles. The van der Waals surface area contributed by atoms with Crippen molar-refractivity contribution in [3.05, 3.63) is 35.4 Å². The number of ether oxygens (including phenoxy) is 1. The standard InChI is InChI=1S/C22H36N4O2/c1-4-23-22(24-15-16-28-20-9-7-5-6-8-10-20)25-17-18-11-13-19(14-12-18)21(27)26(2)3/h11-14,20H,4-10,15-17H2,1-3H3,(H2,23,24,25). The Kier molecular flexibility index (Phi) is 9.83. The van der Waals surface area contributed by atoms with Gasteiger partial charge in [0.05, 0.1) is 19.3 Å². The molecular formula is C22H36N4O2. The summed E-state index contributed by atoms with van der Waals surface area (Å²) in [5.74, 6) is 0.805. The smallest absolute Gasteiger partial charge is 0.253 e. The molecule has 0 saturated heterocycles. The molecule has 0 radical (unpaired) electrons. The second-order valence-electron chi connectivity index (χ2n) is 7.50. The number of nitrogens with one attached hydrogen (secondary N) is 2. The predicted molar refractivity (Wildman–Crippen MR) is 115 cm³/mol. The molecule has 1 saturated carbocycles. The molecule has 6 nitrogen and oxygen atoms in total. The molecule has 1 aliphatic carbocycles. The van der Waals surface area contributed by atoms with Gasteiger partial charge in [-0.15, -0.1) is 0 Å². The predicted octanol–water partition coefficient (Wildman–Crippen LogP) is 3.18. The van der Waals surface area contributed by atoms with Crippen LogP contribution in [0.5, 0.6) is 0 Å². The molecule has 0 unspecified atom stereocenters. The number of rotatable bonds is 8. The third-order valence-corrected chi connectivity index (χ3v) is 4.92. The van der Waals surface area contributed by atoms with Crippen molar-refractivity contribution in [1.82, 2.24) is 15.5 Å². The van der Waals surface area contributed by atoms with Crippen molar-refractivity contribution >= 4 is 11.9 Å². The Hall–Kier alpha value is -2.08. The summed E-state index contributed by atoms with van der Waals surface area (Å²) in [6, 6.07) is 7.63. The van der Waals surface area contributed by atoms with Crippen molar-refractivity contribution in [3.63, 3.8) is 0 Å². The Bertz CT molecular complexity index is 605. The molecule has 156 valence electrons. The molecule has 0 spiro atoms. The summed E-state index contributed by atoms with van der Waals surface area (Å²) in [6.45, 7) is 4.89. The fraction of sp³-hybridized carbons (Fsp3) is 0.636. The number of hydrogen-bond donors (Lipinski definition) is 2. The molecule has 0 bridgehead atoms. The number of benzene rings is 1. The van der Waals surface area contributed by atoms with E-state index in [0.29, 0.717) is 24.8 Å². The lowest BCUT2D eigenvalue weighted by atomic mass is 10.1. The van der Waals surface area contributed by atoms with E-state index in [1.807, 2.05) is 24.3 Å². The molecule has 2 N–H and O–H groups in total. The van der Waals surface area contributed by atoms with Gasteiger partial charge in [0.25, 0.3) is 5.91 Å². The maximum atomic E-state index is 12.0. The molecule has 1 fully saturated rings. The summed E-state index contributed by atoms with van der Waals surface area (Å²) in [6.07, 6.45) is 8.09. The first kappa shape index (κ1) is 22.2. The fourth-order valence-corrected chi connectivity index (χ4v) is 3.33. The molecule has 6 heteroatoms. The van der Waals surface area contributed by atoms with Crippen LogP contribution in [0.2, 0.25) is 0 Å². The van der Waals surface area contributed by atoms with Gasteiger partial charge in [-0.3, -0.25) is 4.79 Å². The maximum absolute atomic E-state index is 12.0. The Morgan fingerprint density at radius 3 is 2.39 bits per heavy atom. The molecular weight excluding hydrogens is 352 g/mol. The molecule has 0 aliphatic heterocycles. The molecule has 2 rings (SSSR count). The van der Waals surface area contributed by atoms with Gasteiger partial charge in [0.1, 0.15) is 0 Å². The monoisotopic (exact) mass is 388 g/mol. The van der Waals surface area contributed by atoms with E-state index in [9.17, 15) is 4.79 Å². The summed E-state index contributed by atoms with van der Waals surface area (Å²) in [7, 11) is 3.52. The van der Waals surface area contributed by atoms with E-state index < -0.39 is 0 Å². The first-order chi connectivity index (χ1) is 13.6. The minimum absolute atomic E-state index is 0.0127. The van der Waals surface area contributed by atoms with E-state index in [2.05, 4.69) is 22.5 Å². The number of aliphatic imine (C=N–C) groups is 1. The van der Waals surface area contributed by atoms with Crippen LogP contribution in [0, 0.1) is 0 Å². The Morgan fingerprint density at radius 1 is 1.11 bits per heavy atom. The molecule has 0 aromatic heterocycles. The van der Waals surface area contributed by atoms with Gasteiger partial charge in [0.2, 0.25) is 0 Å². The number of amides is 1. The van der Waals surface area contributed by atoms with Gasteiger partial charge >= 0.3 is 0 Å². The topological polar surface area (TPSA) is 66.0 Å². The highest BCUT2D eigenvalue weighted by Gasteiger charge is 2.12. The van der Waals surface area contributed by atoms with Crippen molar-refractivity contribution in [1.29, 1.82) is 0 Å². The number of nitrogens with zero attached hydrogens (tertiary/aromatic N) is 2. The zero-order valence-electron chi connectivity index (χ0n) is 17.7. The van der Waals surface area contributed by atoms with Crippen LogP contribution in [0.25, 0.3) is 0 Å². The van der Waals surface area contributed by atoms with Crippen LogP contribution in [0.4, 0.5) is 0 Å². The summed E-state index contributed by atoms with van der Waals surface area (Å²) < 4.78 is 6.03. The van der Waals surface area contributed by atoms with Crippen molar-refractivity contribution < 1.29 is 9.53 Å². The van der Waals surface area contributed by atoms with E-state index in [1.165, 1.54) is 38.5 Å². The van der Waals surface area contributed by atoms with Gasteiger partial charge in [-0.25, -0.2) is 4.99 Å². The Morgan fingerprint density at radius 2 is 1.79 bits per heavy atom. The second kappa shape index (κ2) is 12.4. The van der Waals surface area contributed by atoms with E-state index in [4.69, 9.17) is 4.74 Å². The van der Waals surface area contributed by atoms with Crippen molar-refractivity contribution in [2.75, 3.05) is 33.8 Å². The van der Waals surface area contributed by atoms with Gasteiger partial charge in [0.15, 0.2) is 5.96 Å². The van der Waals surface area contributed by atoms with Crippen LogP contribution in [0.1, 0.15) is 61.4 Å². The third-order valence-electron chi connectivity index (χ3n) is 4.92. The molecule has 28 heavy (non-hydrogen) atoms. The van der Waals surface area contributed by atoms with E-state index in [1.54, 1.807) is 19.0 Å². The average Bonchev–Trinajstić information content (AvgIpc) is 2.98. The largest absolute Gasteiger partial charge is 0.376 e.